The topological polar surface area (TPSA) is 87.7 Å². The maximum absolute atomic E-state index is 12.4. The molecule has 8 heteroatoms. The van der Waals surface area contributed by atoms with Crippen LogP contribution in [0.2, 0.25) is 0 Å². The number of hydrogen-bond donors (Lipinski definition) is 2. The van der Waals surface area contributed by atoms with Gasteiger partial charge < -0.3 is 15.0 Å². The van der Waals surface area contributed by atoms with E-state index in [9.17, 15) is 13.2 Å². The summed E-state index contributed by atoms with van der Waals surface area (Å²) in [6, 6.07) is 4.40. The summed E-state index contributed by atoms with van der Waals surface area (Å²) in [5.74, 6) is -0.0830. The summed E-state index contributed by atoms with van der Waals surface area (Å²) in [5.41, 5.74) is 0.292. The van der Waals surface area contributed by atoms with Gasteiger partial charge in [-0.05, 0) is 45.1 Å². The van der Waals surface area contributed by atoms with Gasteiger partial charge >= 0.3 is 0 Å². The maximum Gasteiger partial charge on any atom is 0.251 e. The Bertz CT molecular complexity index is 669. The van der Waals surface area contributed by atoms with E-state index >= 15 is 0 Å². The standard InChI is InChI=1S/C15H23N3O4S/c1-18(2)9-8-16-15(19)11-4-7-13(22-3)14(10-11)23(20,21)17-12-5-6-12/h4,7,10,12,17H,5-6,8-9H2,1-3H3,(H,16,19). The van der Waals surface area contributed by atoms with Crippen molar-refractivity contribution in [1.82, 2.24) is 14.9 Å². The highest BCUT2D eigenvalue weighted by Gasteiger charge is 2.30. The lowest BCUT2D eigenvalue weighted by molar-refractivity contribution is 0.0951. The lowest BCUT2D eigenvalue weighted by Crippen LogP contribution is -2.31. The number of methoxy groups -OCH3 is 1. The summed E-state index contributed by atoms with van der Waals surface area (Å²) in [4.78, 5) is 14.1. The summed E-state index contributed by atoms with van der Waals surface area (Å²) < 4.78 is 32.5. The number of ether oxygens (including phenoxy) is 1. The normalized spacial score (nSPS) is 14.8. The first-order valence-electron chi connectivity index (χ1n) is 7.47. The molecule has 0 atom stereocenters. The van der Waals surface area contributed by atoms with E-state index in [4.69, 9.17) is 4.74 Å². The fraction of sp³-hybridized carbons (Fsp3) is 0.533. The van der Waals surface area contributed by atoms with Crippen LogP contribution in [0.5, 0.6) is 5.75 Å². The van der Waals surface area contributed by atoms with E-state index in [0.29, 0.717) is 18.7 Å². The van der Waals surface area contributed by atoms with Crippen LogP contribution < -0.4 is 14.8 Å². The summed E-state index contributed by atoms with van der Waals surface area (Å²) in [7, 11) is 1.53. The van der Waals surface area contributed by atoms with E-state index in [1.54, 1.807) is 6.07 Å². The lowest BCUT2D eigenvalue weighted by Gasteiger charge is -2.13. The molecule has 7 nitrogen and oxygen atoms in total. The molecule has 0 aliphatic heterocycles. The van der Waals surface area contributed by atoms with Crippen molar-refractivity contribution in [1.29, 1.82) is 0 Å². The molecule has 2 rings (SSSR count). The molecule has 23 heavy (non-hydrogen) atoms. The largest absolute Gasteiger partial charge is 0.495 e. The number of nitrogens with zero attached hydrogens (tertiary/aromatic N) is 1. The van der Waals surface area contributed by atoms with E-state index in [2.05, 4.69) is 10.0 Å². The number of amides is 1. The molecule has 1 aromatic carbocycles. The molecular weight excluding hydrogens is 318 g/mol. The number of hydrogen-bond acceptors (Lipinski definition) is 5. The van der Waals surface area contributed by atoms with Crippen molar-refractivity contribution in [2.45, 2.75) is 23.8 Å². The van der Waals surface area contributed by atoms with E-state index in [1.165, 1.54) is 19.2 Å². The summed E-state index contributed by atoms with van der Waals surface area (Å²) in [6.45, 7) is 1.19. The van der Waals surface area contributed by atoms with Gasteiger partial charge in [0.1, 0.15) is 10.6 Å². The fourth-order valence-corrected chi connectivity index (χ4v) is 3.51. The molecule has 1 fully saturated rings. The lowest BCUT2D eigenvalue weighted by atomic mass is 10.2. The number of likely N-dealkylation sites (N-methyl/N-ethyl adjacent to an activating group) is 1. The maximum atomic E-state index is 12.4. The molecule has 1 aromatic rings. The average Bonchev–Trinajstić information content (AvgIpc) is 3.29. The van der Waals surface area contributed by atoms with Gasteiger partial charge in [0.2, 0.25) is 10.0 Å². The van der Waals surface area contributed by atoms with Crippen LogP contribution in [-0.2, 0) is 10.0 Å². The molecule has 1 aliphatic rings. The summed E-state index contributed by atoms with van der Waals surface area (Å²) in [6.07, 6.45) is 1.68. The second-order valence-electron chi connectivity index (χ2n) is 5.82. The van der Waals surface area contributed by atoms with Gasteiger partial charge in [0.15, 0.2) is 0 Å². The Morgan fingerprint density at radius 3 is 2.61 bits per heavy atom. The third-order valence-electron chi connectivity index (χ3n) is 3.46. The molecule has 0 saturated heterocycles. The van der Waals surface area contributed by atoms with Crippen molar-refractivity contribution in [3.05, 3.63) is 23.8 Å². The molecule has 0 radical (unpaired) electrons. The zero-order valence-electron chi connectivity index (χ0n) is 13.6. The van der Waals surface area contributed by atoms with Crippen LogP contribution >= 0.6 is 0 Å². The molecule has 2 N–H and O–H groups in total. The number of rotatable bonds is 8. The van der Waals surface area contributed by atoms with Gasteiger partial charge in [-0.2, -0.15) is 0 Å². The van der Waals surface area contributed by atoms with Crippen LogP contribution in [0, 0.1) is 0 Å². The number of sulfonamides is 1. The van der Waals surface area contributed by atoms with Crippen molar-refractivity contribution >= 4 is 15.9 Å². The highest BCUT2D eigenvalue weighted by atomic mass is 32.2. The van der Waals surface area contributed by atoms with E-state index in [1.807, 2.05) is 19.0 Å². The van der Waals surface area contributed by atoms with Crippen LogP contribution in [0.25, 0.3) is 0 Å². The van der Waals surface area contributed by atoms with Crippen LogP contribution in [0.4, 0.5) is 0 Å². The van der Waals surface area contributed by atoms with Gasteiger partial charge in [0, 0.05) is 24.7 Å². The quantitative estimate of drug-likeness (QED) is 0.716. The number of nitrogens with one attached hydrogen (secondary N) is 2. The van der Waals surface area contributed by atoms with Crippen LogP contribution in [0.3, 0.4) is 0 Å². The minimum atomic E-state index is -3.69. The predicted molar refractivity (Wildman–Crippen MR) is 87.2 cm³/mol. The zero-order chi connectivity index (χ0) is 17.0. The number of benzene rings is 1. The monoisotopic (exact) mass is 341 g/mol. The van der Waals surface area contributed by atoms with E-state index in [0.717, 1.165) is 12.8 Å². The van der Waals surface area contributed by atoms with Crippen molar-refractivity contribution < 1.29 is 17.9 Å². The second-order valence-corrected chi connectivity index (χ2v) is 7.50. The molecule has 1 amide bonds. The smallest absolute Gasteiger partial charge is 0.251 e. The Kier molecular flexibility index (Phi) is 5.61. The molecule has 1 aliphatic carbocycles. The molecule has 1 saturated carbocycles. The van der Waals surface area contributed by atoms with Gasteiger partial charge in [0.05, 0.1) is 7.11 Å². The Balaban J connectivity index is 2.19. The number of carbonyl (C=O) groups excluding carboxylic acids is 1. The summed E-state index contributed by atoms with van der Waals surface area (Å²) in [5, 5.41) is 2.76. The molecule has 0 aromatic heterocycles. The van der Waals surface area contributed by atoms with Gasteiger partial charge in [0.25, 0.3) is 5.91 Å². The first kappa shape index (κ1) is 17.7. The third-order valence-corrected chi connectivity index (χ3v) is 5.00. The zero-order valence-corrected chi connectivity index (χ0v) is 14.4. The van der Waals surface area contributed by atoms with Crippen molar-refractivity contribution in [2.75, 3.05) is 34.3 Å². The van der Waals surface area contributed by atoms with E-state index in [-0.39, 0.29) is 22.6 Å². The summed E-state index contributed by atoms with van der Waals surface area (Å²) >= 11 is 0. The second kappa shape index (κ2) is 7.29. The van der Waals surface area contributed by atoms with Gasteiger partial charge in [-0.25, -0.2) is 13.1 Å². The first-order chi connectivity index (χ1) is 10.8. The minimum Gasteiger partial charge on any atom is -0.495 e. The Hall–Kier alpha value is -1.64. The molecule has 128 valence electrons. The SMILES string of the molecule is COc1ccc(C(=O)NCCN(C)C)cc1S(=O)(=O)NC1CC1. The molecule has 0 unspecified atom stereocenters. The molecule has 0 bridgehead atoms. The minimum absolute atomic E-state index is 0.00726. The van der Waals surface area contributed by atoms with Crippen molar-refractivity contribution in [3.8, 4) is 5.75 Å². The fourth-order valence-electron chi connectivity index (χ4n) is 2.01. The van der Waals surface area contributed by atoms with Crippen molar-refractivity contribution in [2.24, 2.45) is 0 Å². The average molecular weight is 341 g/mol. The Labute approximate surface area is 137 Å². The highest BCUT2D eigenvalue weighted by Crippen LogP contribution is 2.28. The van der Waals surface area contributed by atoms with Crippen LogP contribution in [0.15, 0.2) is 23.1 Å². The van der Waals surface area contributed by atoms with E-state index < -0.39 is 10.0 Å². The van der Waals surface area contributed by atoms with Crippen LogP contribution in [0.1, 0.15) is 23.2 Å². The predicted octanol–water partition coefficient (Wildman–Crippen LogP) is 0.427. The molecular formula is C15H23N3O4S. The molecule has 0 heterocycles. The van der Waals surface area contributed by atoms with Crippen LogP contribution in [-0.4, -0.2) is 59.6 Å². The van der Waals surface area contributed by atoms with Gasteiger partial charge in [-0.3, -0.25) is 4.79 Å². The van der Waals surface area contributed by atoms with Gasteiger partial charge in [-0.15, -0.1) is 0 Å². The Morgan fingerprint density at radius 2 is 2.04 bits per heavy atom. The highest BCUT2D eigenvalue weighted by molar-refractivity contribution is 7.89. The molecule has 0 spiro atoms. The Morgan fingerprint density at radius 1 is 1.35 bits per heavy atom. The number of carbonyl (C=O) groups is 1. The third kappa shape index (κ3) is 4.92. The van der Waals surface area contributed by atoms with Gasteiger partial charge in [-0.1, -0.05) is 0 Å². The van der Waals surface area contributed by atoms with Crippen molar-refractivity contribution in [3.63, 3.8) is 0 Å². The first-order valence-corrected chi connectivity index (χ1v) is 8.95.